The molecule has 0 aromatic carbocycles. The van der Waals surface area contributed by atoms with Gasteiger partial charge in [-0.1, -0.05) is 38.3 Å². The van der Waals surface area contributed by atoms with Crippen LogP contribution in [0.15, 0.2) is 16.4 Å². The van der Waals surface area contributed by atoms with Crippen molar-refractivity contribution in [2.45, 2.75) is 59.3 Å². The van der Waals surface area contributed by atoms with Crippen LogP contribution in [0.3, 0.4) is 0 Å². The number of carbonyl (C=O) groups is 1. The highest BCUT2D eigenvalue weighted by Gasteiger charge is 2.25. The van der Waals surface area contributed by atoms with Gasteiger partial charge < -0.3 is 10.2 Å². The molecule has 1 heterocycles. The molecular formula is C14H24N2O2. The molecule has 0 fully saturated rings. The standard InChI is InChI=1S/C14H24N2O2/c1-4-6-8-9-12(15-10-7-5-2)13-11(3)16-18-14(13)17/h15H,4-10H2,1-3H3. The largest absolute Gasteiger partial charge is 0.388 e. The lowest BCUT2D eigenvalue weighted by Gasteiger charge is -2.12. The number of allylic oxidation sites excluding steroid dienone is 1. The lowest BCUT2D eigenvalue weighted by Crippen LogP contribution is -2.21. The van der Waals surface area contributed by atoms with E-state index in [0.29, 0.717) is 11.3 Å². The minimum absolute atomic E-state index is 0.317. The molecule has 0 aromatic heterocycles. The third-order valence-electron chi connectivity index (χ3n) is 3.03. The number of oxime groups is 1. The van der Waals surface area contributed by atoms with Crippen molar-refractivity contribution in [2.75, 3.05) is 6.54 Å². The van der Waals surface area contributed by atoms with Gasteiger partial charge in [0.05, 0.1) is 5.71 Å². The molecule has 0 aliphatic carbocycles. The van der Waals surface area contributed by atoms with Crippen molar-refractivity contribution >= 4 is 11.7 Å². The molecule has 0 bridgehead atoms. The molecule has 4 heteroatoms. The molecule has 1 aliphatic heterocycles. The molecule has 0 saturated heterocycles. The minimum Gasteiger partial charge on any atom is -0.388 e. The lowest BCUT2D eigenvalue weighted by atomic mass is 10.0. The molecule has 1 rings (SSSR count). The van der Waals surface area contributed by atoms with E-state index in [2.05, 4.69) is 24.3 Å². The Morgan fingerprint density at radius 2 is 1.94 bits per heavy atom. The van der Waals surface area contributed by atoms with Gasteiger partial charge in [0.2, 0.25) is 0 Å². The lowest BCUT2D eigenvalue weighted by molar-refractivity contribution is -0.136. The molecule has 0 spiro atoms. The van der Waals surface area contributed by atoms with Gasteiger partial charge in [-0.3, -0.25) is 0 Å². The maximum Gasteiger partial charge on any atom is 0.369 e. The minimum atomic E-state index is -0.317. The molecule has 0 atom stereocenters. The van der Waals surface area contributed by atoms with Crippen LogP contribution in [0.1, 0.15) is 59.3 Å². The molecule has 1 N–H and O–H groups in total. The molecule has 0 amide bonds. The Kier molecular flexibility index (Phi) is 6.47. The van der Waals surface area contributed by atoms with Crippen LogP contribution >= 0.6 is 0 Å². The van der Waals surface area contributed by atoms with Crippen molar-refractivity contribution in [3.63, 3.8) is 0 Å². The van der Waals surface area contributed by atoms with E-state index in [1.54, 1.807) is 0 Å². The number of nitrogens with one attached hydrogen (secondary N) is 1. The average Bonchev–Trinajstić information content (AvgIpc) is 2.68. The van der Waals surface area contributed by atoms with Crippen molar-refractivity contribution in [1.82, 2.24) is 5.32 Å². The first-order chi connectivity index (χ1) is 8.70. The van der Waals surface area contributed by atoms with Crippen LogP contribution in [0, 0.1) is 0 Å². The summed E-state index contributed by atoms with van der Waals surface area (Å²) in [6.07, 6.45) is 6.59. The topological polar surface area (TPSA) is 50.7 Å². The van der Waals surface area contributed by atoms with E-state index in [1.807, 2.05) is 6.92 Å². The molecule has 0 aromatic rings. The van der Waals surface area contributed by atoms with E-state index >= 15 is 0 Å². The Labute approximate surface area is 109 Å². The third-order valence-corrected chi connectivity index (χ3v) is 3.03. The van der Waals surface area contributed by atoms with E-state index in [9.17, 15) is 4.79 Å². The highest BCUT2D eigenvalue weighted by atomic mass is 16.7. The zero-order valence-corrected chi connectivity index (χ0v) is 11.7. The highest BCUT2D eigenvalue weighted by Crippen LogP contribution is 2.18. The fraction of sp³-hybridized carbons (Fsp3) is 0.714. The molecular weight excluding hydrogens is 228 g/mol. The predicted octanol–water partition coefficient (Wildman–Crippen LogP) is 3.14. The Bertz CT molecular complexity index is 334. The Hall–Kier alpha value is -1.32. The number of nitrogens with zero attached hydrogens (tertiary/aromatic N) is 1. The SMILES string of the molecule is CCCCCC(NCCCC)=C1C(=O)ON=C1C. The molecule has 4 nitrogen and oxygen atoms in total. The quantitative estimate of drug-likeness (QED) is 0.410. The van der Waals surface area contributed by atoms with E-state index < -0.39 is 0 Å². The summed E-state index contributed by atoms with van der Waals surface area (Å²) in [5.41, 5.74) is 2.33. The van der Waals surface area contributed by atoms with E-state index in [1.165, 1.54) is 12.8 Å². The van der Waals surface area contributed by atoms with Crippen molar-refractivity contribution in [1.29, 1.82) is 0 Å². The van der Waals surface area contributed by atoms with E-state index in [4.69, 9.17) is 4.84 Å². The summed E-state index contributed by atoms with van der Waals surface area (Å²) in [6.45, 7) is 7.06. The van der Waals surface area contributed by atoms with Crippen molar-refractivity contribution in [2.24, 2.45) is 5.16 Å². The number of unbranched alkanes of at least 4 members (excludes halogenated alkanes) is 3. The van der Waals surface area contributed by atoms with Gasteiger partial charge in [-0.05, 0) is 26.2 Å². The molecule has 18 heavy (non-hydrogen) atoms. The van der Waals surface area contributed by atoms with Crippen LogP contribution in [-0.4, -0.2) is 18.2 Å². The average molecular weight is 252 g/mol. The number of hydrogen-bond donors (Lipinski definition) is 1. The maximum absolute atomic E-state index is 11.7. The van der Waals surface area contributed by atoms with Crippen LogP contribution < -0.4 is 5.32 Å². The van der Waals surface area contributed by atoms with Crippen molar-refractivity contribution in [3.05, 3.63) is 11.3 Å². The summed E-state index contributed by atoms with van der Waals surface area (Å²) in [7, 11) is 0. The zero-order valence-electron chi connectivity index (χ0n) is 11.7. The molecule has 102 valence electrons. The van der Waals surface area contributed by atoms with Crippen LogP contribution in [-0.2, 0) is 9.63 Å². The first kappa shape index (κ1) is 14.7. The van der Waals surface area contributed by atoms with Gasteiger partial charge in [0, 0.05) is 12.2 Å². The second kappa shape index (κ2) is 7.90. The van der Waals surface area contributed by atoms with Gasteiger partial charge in [-0.2, -0.15) is 0 Å². The van der Waals surface area contributed by atoms with Gasteiger partial charge in [-0.25, -0.2) is 4.79 Å². The first-order valence-electron chi connectivity index (χ1n) is 6.94. The van der Waals surface area contributed by atoms with Gasteiger partial charge in [0.25, 0.3) is 0 Å². The molecule has 1 aliphatic rings. The fourth-order valence-corrected chi connectivity index (χ4v) is 1.96. The zero-order chi connectivity index (χ0) is 13.4. The molecule has 0 radical (unpaired) electrons. The Morgan fingerprint density at radius 1 is 1.22 bits per heavy atom. The van der Waals surface area contributed by atoms with Gasteiger partial charge >= 0.3 is 5.97 Å². The maximum atomic E-state index is 11.7. The number of carbonyl (C=O) groups excluding carboxylic acids is 1. The first-order valence-corrected chi connectivity index (χ1v) is 6.94. The van der Waals surface area contributed by atoms with Gasteiger partial charge in [0.15, 0.2) is 0 Å². The summed E-state index contributed by atoms with van der Waals surface area (Å²) in [4.78, 5) is 16.4. The smallest absolute Gasteiger partial charge is 0.369 e. The monoisotopic (exact) mass is 252 g/mol. The van der Waals surface area contributed by atoms with Crippen LogP contribution in [0.5, 0.6) is 0 Å². The van der Waals surface area contributed by atoms with Crippen molar-refractivity contribution in [3.8, 4) is 0 Å². The van der Waals surface area contributed by atoms with Crippen molar-refractivity contribution < 1.29 is 9.63 Å². The van der Waals surface area contributed by atoms with E-state index in [0.717, 1.165) is 37.9 Å². The summed E-state index contributed by atoms with van der Waals surface area (Å²) in [5.74, 6) is -0.317. The predicted molar refractivity (Wildman–Crippen MR) is 73.3 cm³/mol. The van der Waals surface area contributed by atoms with Crippen LogP contribution in [0.2, 0.25) is 0 Å². The van der Waals surface area contributed by atoms with Crippen LogP contribution in [0.25, 0.3) is 0 Å². The van der Waals surface area contributed by atoms with Gasteiger partial charge in [-0.15, -0.1) is 0 Å². The normalized spacial score (nSPS) is 17.5. The highest BCUT2D eigenvalue weighted by molar-refractivity contribution is 6.21. The molecule has 0 saturated carbocycles. The second-order valence-electron chi connectivity index (χ2n) is 4.65. The summed E-state index contributed by atoms with van der Waals surface area (Å²) in [6, 6.07) is 0. The third kappa shape index (κ3) is 4.17. The number of hydrogen-bond acceptors (Lipinski definition) is 4. The second-order valence-corrected chi connectivity index (χ2v) is 4.65. The number of rotatable bonds is 8. The van der Waals surface area contributed by atoms with Crippen LogP contribution in [0.4, 0.5) is 0 Å². The fourth-order valence-electron chi connectivity index (χ4n) is 1.96. The molecule has 0 unspecified atom stereocenters. The summed E-state index contributed by atoms with van der Waals surface area (Å²) in [5, 5.41) is 7.13. The van der Waals surface area contributed by atoms with E-state index in [-0.39, 0.29) is 5.97 Å². The Balaban J connectivity index is 2.71. The summed E-state index contributed by atoms with van der Waals surface area (Å²) < 4.78 is 0. The summed E-state index contributed by atoms with van der Waals surface area (Å²) >= 11 is 0. The van der Waals surface area contributed by atoms with Gasteiger partial charge in [0.1, 0.15) is 5.57 Å². The Morgan fingerprint density at radius 3 is 2.50 bits per heavy atom.